The largest absolute Gasteiger partial charge is 0.348 e. The van der Waals surface area contributed by atoms with Gasteiger partial charge in [0, 0.05) is 62.5 Å². The first kappa shape index (κ1) is 18.2. The average molecular weight is 371 g/mol. The highest BCUT2D eigenvalue weighted by atomic mass is 16.2. The summed E-state index contributed by atoms with van der Waals surface area (Å²) >= 11 is 0. The molecule has 0 aromatic carbocycles. The molecule has 3 heterocycles. The molecular weight excluding hydrogens is 340 g/mol. The van der Waals surface area contributed by atoms with Gasteiger partial charge in [-0.05, 0) is 19.8 Å². The topological polar surface area (TPSA) is 78.8 Å². The Bertz CT molecular complexity index is 830. The minimum atomic E-state index is -0.00943. The van der Waals surface area contributed by atoms with Crippen molar-refractivity contribution in [3.63, 3.8) is 0 Å². The number of aromatic amines is 1. The molecule has 2 aromatic rings. The Morgan fingerprint density at radius 2 is 2.11 bits per heavy atom. The molecule has 1 aliphatic heterocycles. The van der Waals surface area contributed by atoms with E-state index >= 15 is 0 Å². The van der Waals surface area contributed by atoms with E-state index in [9.17, 15) is 4.79 Å². The van der Waals surface area contributed by atoms with Crippen molar-refractivity contribution in [2.24, 2.45) is 7.05 Å². The van der Waals surface area contributed by atoms with Crippen LogP contribution in [0.25, 0.3) is 0 Å². The normalized spacial score (nSPS) is 18.0. The van der Waals surface area contributed by atoms with Gasteiger partial charge in [0.1, 0.15) is 5.82 Å². The molecule has 0 bridgehead atoms. The maximum atomic E-state index is 12.8. The van der Waals surface area contributed by atoms with Crippen LogP contribution in [0.1, 0.15) is 71.6 Å². The van der Waals surface area contributed by atoms with E-state index in [0.29, 0.717) is 11.7 Å². The second-order valence-corrected chi connectivity index (χ2v) is 7.92. The van der Waals surface area contributed by atoms with Crippen LogP contribution < -0.4 is 5.32 Å². The Hall–Kier alpha value is -2.15. The van der Waals surface area contributed by atoms with Crippen molar-refractivity contribution in [1.82, 2.24) is 30.0 Å². The molecule has 1 amide bonds. The van der Waals surface area contributed by atoms with Crippen LogP contribution >= 0.6 is 0 Å². The second-order valence-electron chi connectivity index (χ2n) is 7.92. The molecule has 1 aliphatic carbocycles. The molecule has 2 aliphatic rings. The van der Waals surface area contributed by atoms with E-state index in [4.69, 9.17) is 4.98 Å². The van der Waals surface area contributed by atoms with Gasteiger partial charge >= 0.3 is 0 Å². The lowest BCUT2D eigenvalue weighted by Gasteiger charge is -2.27. The molecule has 1 fully saturated rings. The van der Waals surface area contributed by atoms with Crippen LogP contribution in [0.3, 0.4) is 0 Å². The number of nitrogens with one attached hydrogen (secondary N) is 2. The van der Waals surface area contributed by atoms with Crippen LogP contribution in [-0.2, 0) is 33.0 Å². The number of nitrogens with zero attached hydrogens (tertiary/aromatic N) is 4. The number of H-pyrrole nitrogens is 1. The van der Waals surface area contributed by atoms with Crippen molar-refractivity contribution in [3.8, 4) is 0 Å². The average Bonchev–Trinajstić information content (AvgIpc) is 3.36. The smallest absolute Gasteiger partial charge is 0.272 e. The van der Waals surface area contributed by atoms with Crippen molar-refractivity contribution in [3.05, 3.63) is 34.2 Å². The van der Waals surface area contributed by atoms with Gasteiger partial charge in [-0.2, -0.15) is 5.10 Å². The summed E-state index contributed by atoms with van der Waals surface area (Å²) in [5.74, 6) is 1.03. The van der Waals surface area contributed by atoms with Gasteiger partial charge in [-0.1, -0.05) is 19.8 Å². The second kappa shape index (κ2) is 7.46. The number of carbonyl (C=O) groups excluding carboxylic acids is 1. The summed E-state index contributed by atoms with van der Waals surface area (Å²) in [6.45, 7) is 6.72. The third kappa shape index (κ3) is 3.65. The van der Waals surface area contributed by atoms with Gasteiger partial charge in [0.2, 0.25) is 0 Å². The molecule has 1 saturated carbocycles. The highest BCUT2D eigenvalue weighted by molar-refractivity contribution is 5.94. The number of hydrogen-bond acceptors (Lipinski definition) is 4. The summed E-state index contributed by atoms with van der Waals surface area (Å²) < 4.78 is 1.89. The number of rotatable bonds is 5. The Morgan fingerprint density at radius 3 is 2.81 bits per heavy atom. The van der Waals surface area contributed by atoms with Crippen LogP contribution in [0.5, 0.6) is 0 Å². The summed E-state index contributed by atoms with van der Waals surface area (Å²) in [5.41, 5.74) is 5.13. The Kier molecular flexibility index (Phi) is 5.04. The Morgan fingerprint density at radius 1 is 1.33 bits per heavy atom. The number of fused-ring (bicyclic) bond motifs is 1. The molecule has 7 nitrogen and oxygen atoms in total. The Balaban J connectivity index is 1.50. The highest BCUT2D eigenvalue weighted by Crippen LogP contribution is 2.25. The van der Waals surface area contributed by atoms with Crippen LogP contribution in [0, 0.1) is 6.92 Å². The van der Waals surface area contributed by atoms with E-state index in [-0.39, 0.29) is 5.91 Å². The molecular formula is C20H30N6O. The monoisotopic (exact) mass is 370 g/mol. The van der Waals surface area contributed by atoms with Gasteiger partial charge in [-0.3, -0.25) is 14.4 Å². The van der Waals surface area contributed by atoms with Crippen molar-refractivity contribution in [2.75, 3.05) is 6.54 Å². The van der Waals surface area contributed by atoms with Gasteiger partial charge < -0.3 is 10.3 Å². The SMILES string of the molecule is CCc1nc(CN2CCc3c(c(C(=O)NC4CCCC4)nn3C)C2)c(C)[nH]1. The minimum Gasteiger partial charge on any atom is -0.348 e. The standard InChI is InChI=1S/C20H30N6O/c1-4-18-21-13(2)16(23-18)12-26-10-9-17-15(11-26)19(24-25(17)3)20(27)22-14-7-5-6-8-14/h14H,4-12H2,1-3H3,(H,21,23)(H,22,27). The van der Waals surface area contributed by atoms with E-state index in [2.05, 4.69) is 34.1 Å². The first-order valence-electron chi connectivity index (χ1n) is 10.2. The number of aromatic nitrogens is 4. The molecule has 0 radical (unpaired) electrons. The predicted molar refractivity (Wildman–Crippen MR) is 103 cm³/mol. The minimum absolute atomic E-state index is 0.00943. The summed E-state index contributed by atoms with van der Waals surface area (Å²) in [6.07, 6.45) is 6.43. The van der Waals surface area contributed by atoms with Crippen molar-refractivity contribution < 1.29 is 4.79 Å². The van der Waals surface area contributed by atoms with Gasteiger partial charge in [-0.15, -0.1) is 0 Å². The first-order valence-corrected chi connectivity index (χ1v) is 10.2. The third-order valence-electron chi connectivity index (χ3n) is 5.97. The quantitative estimate of drug-likeness (QED) is 0.846. The summed E-state index contributed by atoms with van der Waals surface area (Å²) in [6, 6.07) is 0.314. The third-order valence-corrected chi connectivity index (χ3v) is 5.97. The number of amides is 1. The number of carbonyl (C=O) groups is 1. The lowest BCUT2D eigenvalue weighted by Crippen LogP contribution is -2.35. The van der Waals surface area contributed by atoms with Gasteiger partial charge in [0.25, 0.3) is 5.91 Å². The fourth-order valence-corrected chi connectivity index (χ4v) is 4.39. The van der Waals surface area contributed by atoms with Crippen molar-refractivity contribution >= 4 is 5.91 Å². The van der Waals surface area contributed by atoms with E-state index in [0.717, 1.165) is 68.1 Å². The molecule has 0 saturated heterocycles. The molecule has 0 atom stereocenters. The van der Waals surface area contributed by atoms with E-state index in [1.54, 1.807) is 0 Å². The van der Waals surface area contributed by atoms with Gasteiger partial charge in [0.05, 0.1) is 5.69 Å². The molecule has 27 heavy (non-hydrogen) atoms. The number of aryl methyl sites for hydroxylation is 3. The zero-order valence-corrected chi connectivity index (χ0v) is 16.6. The maximum absolute atomic E-state index is 12.8. The molecule has 7 heteroatoms. The zero-order chi connectivity index (χ0) is 19.0. The van der Waals surface area contributed by atoms with Crippen LogP contribution in [0.4, 0.5) is 0 Å². The predicted octanol–water partition coefficient (Wildman–Crippen LogP) is 2.24. The van der Waals surface area contributed by atoms with Crippen LogP contribution in [0.2, 0.25) is 0 Å². The van der Waals surface area contributed by atoms with E-state index < -0.39 is 0 Å². The number of imidazole rings is 1. The molecule has 0 unspecified atom stereocenters. The summed E-state index contributed by atoms with van der Waals surface area (Å²) in [5, 5.41) is 7.76. The lowest BCUT2D eigenvalue weighted by molar-refractivity contribution is 0.0929. The van der Waals surface area contributed by atoms with Gasteiger partial charge in [-0.25, -0.2) is 4.98 Å². The first-order chi connectivity index (χ1) is 13.0. The fourth-order valence-electron chi connectivity index (χ4n) is 4.39. The maximum Gasteiger partial charge on any atom is 0.272 e. The molecule has 2 aromatic heterocycles. The summed E-state index contributed by atoms with van der Waals surface area (Å²) in [7, 11) is 1.95. The van der Waals surface area contributed by atoms with E-state index in [1.807, 2.05) is 11.7 Å². The molecule has 4 rings (SSSR count). The molecule has 2 N–H and O–H groups in total. The highest BCUT2D eigenvalue weighted by Gasteiger charge is 2.29. The Labute approximate surface area is 160 Å². The van der Waals surface area contributed by atoms with Crippen molar-refractivity contribution in [1.29, 1.82) is 0 Å². The molecule has 146 valence electrons. The number of hydrogen-bond donors (Lipinski definition) is 2. The van der Waals surface area contributed by atoms with Crippen LogP contribution in [-0.4, -0.2) is 43.1 Å². The van der Waals surface area contributed by atoms with Gasteiger partial charge in [0.15, 0.2) is 5.69 Å². The molecule has 0 spiro atoms. The van der Waals surface area contributed by atoms with Crippen molar-refractivity contribution in [2.45, 2.75) is 71.5 Å². The van der Waals surface area contributed by atoms with Crippen LogP contribution in [0.15, 0.2) is 0 Å². The lowest BCUT2D eigenvalue weighted by atomic mass is 10.0. The van der Waals surface area contributed by atoms with E-state index in [1.165, 1.54) is 18.5 Å². The fraction of sp³-hybridized carbons (Fsp3) is 0.650. The summed E-state index contributed by atoms with van der Waals surface area (Å²) in [4.78, 5) is 23.3. The zero-order valence-electron chi connectivity index (χ0n) is 16.6.